The Balaban J connectivity index is 1.68. The van der Waals surface area contributed by atoms with Crippen LogP contribution in [0.2, 0.25) is 5.02 Å². The third-order valence-corrected chi connectivity index (χ3v) is 5.21. The fraction of sp³-hybridized carbons (Fsp3) is 0.667. The number of halogens is 1. The van der Waals surface area contributed by atoms with E-state index in [1.165, 1.54) is 25.7 Å². The first-order valence-corrected chi connectivity index (χ1v) is 7.51. The topological polar surface area (TPSA) is 36.4 Å². The van der Waals surface area contributed by atoms with Gasteiger partial charge in [-0.2, -0.15) is 0 Å². The minimum atomic E-state index is -0.0314. The number of fused-ring (bicyclic) bond motifs is 2. The predicted octanol–water partition coefficient (Wildman–Crippen LogP) is 3.10. The van der Waals surface area contributed by atoms with Crippen LogP contribution in [-0.2, 0) is 6.61 Å². The Morgan fingerprint density at radius 3 is 2.89 bits per heavy atom. The molecule has 104 valence electrons. The van der Waals surface area contributed by atoms with Crippen LogP contribution in [-0.4, -0.2) is 23.7 Å². The van der Waals surface area contributed by atoms with Gasteiger partial charge >= 0.3 is 0 Å². The van der Waals surface area contributed by atoms with Crippen molar-refractivity contribution in [3.63, 3.8) is 0 Å². The summed E-state index contributed by atoms with van der Waals surface area (Å²) in [5.41, 5.74) is 0.756. The Bertz CT molecular complexity index is 465. The minimum Gasteiger partial charge on any atom is -0.392 e. The second kappa shape index (κ2) is 5.29. The molecule has 2 aliphatic carbocycles. The molecule has 2 saturated carbocycles. The molecule has 3 nitrogen and oxygen atoms in total. The highest BCUT2D eigenvalue weighted by Crippen LogP contribution is 2.48. The molecule has 0 radical (unpaired) electrons. The minimum absolute atomic E-state index is 0.0314. The number of pyridine rings is 1. The second-order valence-corrected chi connectivity index (χ2v) is 6.51. The third-order valence-electron chi connectivity index (χ3n) is 4.87. The number of hydrogen-bond donors (Lipinski definition) is 1. The van der Waals surface area contributed by atoms with Gasteiger partial charge in [-0.3, -0.25) is 0 Å². The quantitative estimate of drug-likeness (QED) is 0.921. The Hall–Kier alpha value is -0.800. The van der Waals surface area contributed by atoms with E-state index in [2.05, 4.69) is 16.9 Å². The molecule has 4 heteroatoms. The van der Waals surface area contributed by atoms with Crippen molar-refractivity contribution in [2.45, 2.75) is 32.3 Å². The summed E-state index contributed by atoms with van der Waals surface area (Å²) in [4.78, 5) is 6.58. The van der Waals surface area contributed by atoms with Crippen molar-refractivity contribution >= 4 is 17.4 Å². The summed E-state index contributed by atoms with van der Waals surface area (Å²) in [6.45, 7) is 1.04. The van der Waals surface area contributed by atoms with Crippen LogP contribution >= 0.6 is 11.6 Å². The van der Waals surface area contributed by atoms with Crippen molar-refractivity contribution < 1.29 is 5.11 Å². The summed E-state index contributed by atoms with van der Waals surface area (Å²) in [6.07, 6.45) is 7.32. The molecule has 1 aromatic heterocycles. The van der Waals surface area contributed by atoms with Crippen LogP contribution in [0.15, 0.2) is 12.3 Å². The highest BCUT2D eigenvalue weighted by atomic mass is 35.5. The van der Waals surface area contributed by atoms with Crippen LogP contribution in [0, 0.1) is 17.8 Å². The molecule has 0 amide bonds. The van der Waals surface area contributed by atoms with Crippen LogP contribution in [0.5, 0.6) is 0 Å². The first kappa shape index (κ1) is 13.2. The molecular formula is C15H21ClN2O. The van der Waals surface area contributed by atoms with Gasteiger partial charge in [-0.05, 0) is 43.1 Å². The lowest BCUT2D eigenvalue weighted by Crippen LogP contribution is -2.29. The molecule has 0 aliphatic heterocycles. The van der Waals surface area contributed by atoms with E-state index in [1.54, 1.807) is 6.20 Å². The average Bonchev–Trinajstić information content (AvgIpc) is 3.01. The first-order chi connectivity index (χ1) is 9.17. The number of aromatic nitrogens is 1. The monoisotopic (exact) mass is 280 g/mol. The van der Waals surface area contributed by atoms with Crippen LogP contribution in [0.25, 0.3) is 0 Å². The summed E-state index contributed by atoms with van der Waals surface area (Å²) >= 11 is 5.98. The maximum atomic E-state index is 9.26. The molecule has 1 aromatic rings. The average molecular weight is 281 g/mol. The van der Waals surface area contributed by atoms with E-state index >= 15 is 0 Å². The lowest BCUT2D eigenvalue weighted by molar-refractivity contribution is 0.282. The van der Waals surface area contributed by atoms with Crippen LogP contribution in [0.1, 0.15) is 31.2 Å². The van der Waals surface area contributed by atoms with E-state index in [9.17, 15) is 5.11 Å². The van der Waals surface area contributed by atoms with Crippen molar-refractivity contribution in [3.8, 4) is 0 Å². The van der Waals surface area contributed by atoms with E-state index in [0.29, 0.717) is 5.02 Å². The Kier molecular flexibility index (Phi) is 3.68. The van der Waals surface area contributed by atoms with Crippen molar-refractivity contribution in [2.75, 3.05) is 18.5 Å². The highest BCUT2D eigenvalue weighted by Gasteiger charge is 2.39. The van der Waals surface area contributed by atoms with Crippen molar-refractivity contribution in [1.82, 2.24) is 4.98 Å². The van der Waals surface area contributed by atoms with Gasteiger partial charge in [0.05, 0.1) is 11.6 Å². The normalized spacial score (nSPS) is 28.9. The fourth-order valence-electron chi connectivity index (χ4n) is 3.84. The SMILES string of the molecule is CN(CC1CC2CCC1C2)c1cc(CO)c(Cl)cn1. The van der Waals surface area contributed by atoms with E-state index < -0.39 is 0 Å². The predicted molar refractivity (Wildman–Crippen MR) is 77.4 cm³/mol. The molecular weight excluding hydrogens is 260 g/mol. The molecule has 2 fully saturated rings. The summed E-state index contributed by atoms with van der Waals surface area (Å²) in [7, 11) is 2.09. The Morgan fingerprint density at radius 2 is 2.26 bits per heavy atom. The van der Waals surface area contributed by atoms with Crippen LogP contribution in [0.4, 0.5) is 5.82 Å². The number of rotatable bonds is 4. The number of nitrogens with zero attached hydrogens (tertiary/aromatic N) is 2. The van der Waals surface area contributed by atoms with E-state index in [4.69, 9.17) is 11.6 Å². The van der Waals surface area contributed by atoms with E-state index in [-0.39, 0.29) is 6.61 Å². The zero-order valence-corrected chi connectivity index (χ0v) is 12.1. The van der Waals surface area contributed by atoms with E-state index in [1.807, 2.05) is 6.07 Å². The standard InChI is InChI=1S/C15H21ClN2O/c1-18(8-12-5-10-2-3-11(12)4-10)15-6-13(9-19)14(16)7-17-15/h6-7,10-12,19H,2-5,8-9H2,1H3. The maximum absolute atomic E-state index is 9.26. The molecule has 3 atom stereocenters. The first-order valence-electron chi connectivity index (χ1n) is 7.13. The van der Waals surface area contributed by atoms with Gasteiger partial charge in [-0.15, -0.1) is 0 Å². The highest BCUT2D eigenvalue weighted by molar-refractivity contribution is 6.31. The molecule has 19 heavy (non-hydrogen) atoms. The van der Waals surface area contributed by atoms with Gasteiger partial charge in [0.15, 0.2) is 0 Å². The molecule has 0 spiro atoms. The molecule has 0 aromatic carbocycles. The van der Waals surface area contributed by atoms with Crippen molar-refractivity contribution in [2.24, 2.45) is 17.8 Å². The van der Waals surface area contributed by atoms with Gasteiger partial charge in [-0.25, -0.2) is 4.98 Å². The number of anilines is 1. The molecule has 2 aliphatic rings. The number of hydrogen-bond acceptors (Lipinski definition) is 3. The van der Waals surface area contributed by atoms with Crippen LogP contribution in [0.3, 0.4) is 0 Å². The van der Waals surface area contributed by atoms with Gasteiger partial charge in [0.2, 0.25) is 0 Å². The zero-order valence-electron chi connectivity index (χ0n) is 11.3. The van der Waals surface area contributed by atoms with Gasteiger partial charge in [0, 0.05) is 25.4 Å². The van der Waals surface area contributed by atoms with E-state index in [0.717, 1.165) is 35.7 Å². The summed E-state index contributed by atoms with van der Waals surface area (Å²) in [6, 6.07) is 1.90. The third kappa shape index (κ3) is 2.59. The van der Waals surface area contributed by atoms with Gasteiger partial charge in [-0.1, -0.05) is 18.0 Å². The zero-order chi connectivity index (χ0) is 13.4. The fourth-order valence-corrected chi connectivity index (χ4v) is 4.01. The number of aliphatic hydroxyl groups excluding tert-OH is 1. The van der Waals surface area contributed by atoms with Gasteiger partial charge in [0.25, 0.3) is 0 Å². The lowest BCUT2D eigenvalue weighted by Gasteiger charge is -2.28. The maximum Gasteiger partial charge on any atom is 0.128 e. The number of aliphatic hydroxyl groups is 1. The molecule has 1 N–H and O–H groups in total. The molecule has 3 unspecified atom stereocenters. The molecule has 0 saturated heterocycles. The van der Waals surface area contributed by atoms with Gasteiger partial charge in [0.1, 0.15) is 5.82 Å². The van der Waals surface area contributed by atoms with Gasteiger partial charge < -0.3 is 10.0 Å². The Labute approximate surface area is 119 Å². The second-order valence-electron chi connectivity index (χ2n) is 6.11. The van der Waals surface area contributed by atoms with Crippen LogP contribution < -0.4 is 4.90 Å². The molecule has 3 rings (SSSR count). The summed E-state index contributed by atoms with van der Waals surface area (Å²) < 4.78 is 0. The molecule has 2 bridgehead atoms. The smallest absolute Gasteiger partial charge is 0.128 e. The van der Waals surface area contributed by atoms with Crippen molar-refractivity contribution in [3.05, 3.63) is 22.8 Å². The summed E-state index contributed by atoms with van der Waals surface area (Å²) in [5, 5.41) is 9.81. The van der Waals surface area contributed by atoms with Crippen molar-refractivity contribution in [1.29, 1.82) is 0 Å². The largest absolute Gasteiger partial charge is 0.392 e. The molecule has 1 heterocycles. The summed E-state index contributed by atoms with van der Waals surface area (Å²) in [5.74, 6) is 3.64. The lowest BCUT2D eigenvalue weighted by atomic mass is 9.88. The Morgan fingerprint density at radius 1 is 1.42 bits per heavy atom.